The first-order valence-corrected chi connectivity index (χ1v) is 16.2. The van der Waals surface area contributed by atoms with Gasteiger partial charge in [0.15, 0.2) is 10.8 Å². The van der Waals surface area contributed by atoms with Crippen molar-refractivity contribution in [3.05, 3.63) is 62.5 Å². The SMILES string of the molecule is COCCOCCOCCS(=O)(=O)NC12CC(C3=C(C(=O)OC)C(c4ccc(F)cc4Cl)N=C(c4nccs4)N3)(C1)C2. The summed E-state index contributed by atoms with van der Waals surface area (Å²) < 4.78 is 63.2. The van der Waals surface area contributed by atoms with Gasteiger partial charge in [0.25, 0.3) is 0 Å². The van der Waals surface area contributed by atoms with E-state index in [9.17, 15) is 17.6 Å². The van der Waals surface area contributed by atoms with Gasteiger partial charge in [0.2, 0.25) is 10.0 Å². The molecule has 2 bridgehead atoms. The minimum Gasteiger partial charge on any atom is -0.466 e. The molecule has 0 amide bonds. The zero-order valence-electron chi connectivity index (χ0n) is 23.2. The number of carbonyl (C=O) groups excluding carboxylic acids is 1. The summed E-state index contributed by atoms with van der Waals surface area (Å²) >= 11 is 7.81. The molecule has 228 valence electrons. The second-order valence-corrected chi connectivity index (χ2v) is 13.7. The minimum atomic E-state index is -3.61. The van der Waals surface area contributed by atoms with E-state index in [0.29, 0.717) is 61.2 Å². The van der Waals surface area contributed by atoms with Crippen LogP contribution < -0.4 is 10.0 Å². The molecule has 1 aliphatic heterocycles. The molecular formula is C27H32ClFN4O7S2. The number of nitrogens with one attached hydrogen (secondary N) is 2. The highest BCUT2D eigenvalue weighted by Gasteiger charge is 2.71. The lowest BCUT2D eigenvalue weighted by atomic mass is 9.38. The van der Waals surface area contributed by atoms with E-state index in [-0.39, 0.29) is 29.6 Å². The van der Waals surface area contributed by atoms with Gasteiger partial charge in [-0.15, -0.1) is 11.3 Å². The Morgan fingerprint density at radius 3 is 2.52 bits per heavy atom. The van der Waals surface area contributed by atoms with Gasteiger partial charge in [-0.1, -0.05) is 17.7 Å². The average molecular weight is 643 g/mol. The van der Waals surface area contributed by atoms with Crippen LogP contribution in [-0.4, -0.2) is 83.8 Å². The lowest BCUT2D eigenvalue weighted by Crippen LogP contribution is -2.76. The third kappa shape index (κ3) is 6.39. The number of benzene rings is 1. The molecule has 2 aromatic rings. The summed E-state index contributed by atoms with van der Waals surface area (Å²) in [6.45, 7) is 1.60. The van der Waals surface area contributed by atoms with E-state index in [1.165, 1.54) is 36.6 Å². The molecule has 1 atom stereocenters. The van der Waals surface area contributed by atoms with Crippen molar-refractivity contribution in [2.45, 2.75) is 30.8 Å². The molecule has 0 saturated heterocycles. The van der Waals surface area contributed by atoms with Crippen LogP contribution in [0, 0.1) is 11.2 Å². The molecule has 4 aliphatic rings. The summed E-state index contributed by atoms with van der Waals surface area (Å²) in [5.74, 6) is -0.853. The number of nitrogens with zero attached hydrogens (tertiary/aromatic N) is 2. The molecule has 1 aromatic carbocycles. The number of carbonyl (C=O) groups is 1. The summed E-state index contributed by atoms with van der Waals surface area (Å²) in [6, 6.07) is 3.06. The third-order valence-corrected chi connectivity index (χ3v) is 10.1. The predicted octanol–water partition coefficient (Wildman–Crippen LogP) is 2.98. The van der Waals surface area contributed by atoms with Crippen molar-refractivity contribution in [2.24, 2.45) is 10.4 Å². The highest BCUT2D eigenvalue weighted by Crippen LogP contribution is 2.71. The van der Waals surface area contributed by atoms with Crippen molar-refractivity contribution in [1.29, 1.82) is 0 Å². The van der Waals surface area contributed by atoms with Gasteiger partial charge in [-0.05, 0) is 31.4 Å². The number of sulfonamides is 1. The number of hydrogen-bond acceptors (Lipinski definition) is 11. The smallest absolute Gasteiger partial charge is 0.338 e. The topological polar surface area (TPSA) is 137 Å². The Hall–Kier alpha value is -2.46. The Morgan fingerprint density at radius 2 is 1.88 bits per heavy atom. The molecule has 2 heterocycles. The van der Waals surface area contributed by atoms with Gasteiger partial charge >= 0.3 is 5.97 Å². The van der Waals surface area contributed by atoms with Crippen LogP contribution in [0.3, 0.4) is 0 Å². The highest BCUT2D eigenvalue weighted by atomic mass is 35.5. The average Bonchev–Trinajstić information content (AvgIpc) is 3.46. The Balaban J connectivity index is 1.32. The van der Waals surface area contributed by atoms with Crippen LogP contribution in [0.15, 0.2) is 46.0 Å². The number of esters is 1. The number of allylic oxidation sites excluding steroid dienone is 1. The lowest BCUT2D eigenvalue weighted by molar-refractivity contribution is -0.138. The predicted molar refractivity (Wildman–Crippen MR) is 154 cm³/mol. The number of rotatable bonds is 15. The highest BCUT2D eigenvalue weighted by molar-refractivity contribution is 7.89. The fraction of sp³-hybridized carbons (Fsp3) is 0.519. The zero-order valence-corrected chi connectivity index (χ0v) is 25.5. The van der Waals surface area contributed by atoms with Crippen molar-refractivity contribution in [2.75, 3.05) is 53.0 Å². The number of hydrogen-bond donors (Lipinski definition) is 2. The molecular weight excluding hydrogens is 611 g/mol. The van der Waals surface area contributed by atoms with Gasteiger partial charge in [0.05, 0.1) is 51.5 Å². The van der Waals surface area contributed by atoms with Crippen LogP contribution >= 0.6 is 22.9 Å². The summed E-state index contributed by atoms with van der Waals surface area (Å²) in [4.78, 5) is 22.4. The van der Waals surface area contributed by atoms with Gasteiger partial charge in [0.1, 0.15) is 11.9 Å². The quantitative estimate of drug-likeness (QED) is 0.222. The van der Waals surface area contributed by atoms with Crippen LogP contribution in [0.5, 0.6) is 0 Å². The van der Waals surface area contributed by atoms with E-state index in [1.807, 2.05) is 5.38 Å². The molecule has 1 unspecified atom stereocenters. The second-order valence-electron chi connectivity index (χ2n) is 10.5. The minimum absolute atomic E-state index is 0.0388. The Labute approximate surface area is 252 Å². The first kappa shape index (κ1) is 31.0. The summed E-state index contributed by atoms with van der Waals surface area (Å²) in [7, 11) is -0.750. The first-order chi connectivity index (χ1) is 20.1. The second kappa shape index (κ2) is 12.6. The van der Waals surface area contributed by atoms with Crippen LogP contribution in [0.25, 0.3) is 0 Å². The molecule has 3 aliphatic carbocycles. The van der Waals surface area contributed by atoms with E-state index in [2.05, 4.69) is 15.0 Å². The van der Waals surface area contributed by atoms with Crippen LogP contribution in [0.1, 0.15) is 35.9 Å². The van der Waals surface area contributed by atoms with Crippen LogP contribution in [-0.2, 0) is 33.8 Å². The Morgan fingerprint density at radius 1 is 1.17 bits per heavy atom. The summed E-state index contributed by atoms with van der Waals surface area (Å²) in [6.07, 6.45) is 3.08. The third-order valence-electron chi connectivity index (χ3n) is 7.57. The molecule has 3 fully saturated rings. The van der Waals surface area contributed by atoms with Crippen molar-refractivity contribution in [1.82, 2.24) is 15.0 Å². The molecule has 0 radical (unpaired) electrons. The molecule has 2 N–H and O–H groups in total. The van der Waals surface area contributed by atoms with Gasteiger partial charge < -0.3 is 24.3 Å². The van der Waals surface area contributed by atoms with E-state index < -0.39 is 38.8 Å². The maximum absolute atomic E-state index is 13.9. The fourth-order valence-electron chi connectivity index (χ4n) is 5.86. The fourth-order valence-corrected chi connectivity index (χ4v) is 8.04. The molecule has 6 rings (SSSR count). The summed E-state index contributed by atoms with van der Waals surface area (Å²) in [5.41, 5.74) is 0.168. The maximum atomic E-state index is 13.9. The van der Waals surface area contributed by atoms with Crippen molar-refractivity contribution in [3.8, 4) is 0 Å². The number of halogens is 2. The molecule has 11 nitrogen and oxygen atoms in total. The Bertz CT molecular complexity index is 1460. The number of ether oxygens (including phenoxy) is 4. The number of aromatic nitrogens is 1. The number of thiazole rings is 1. The molecule has 15 heteroatoms. The standard InChI is InChI=1S/C27H32ClFN4O7S2/c1-37-6-7-39-8-9-40-10-12-42(35,36)33-27-14-26(15-27,16-27)22-20(25(34)38-2)21(18-4-3-17(29)13-19(18)28)31-23(32-22)24-30-5-11-41-24/h3-5,11,13,21,33H,6-10,12,14-16H2,1-2H3,(H,31,32). The van der Waals surface area contributed by atoms with Crippen molar-refractivity contribution < 1.29 is 36.6 Å². The van der Waals surface area contributed by atoms with Crippen LogP contribution in [0.4, 0.5) is 4.39 Å². The first-order valence-electron chi connectivity index (χ1n) is 13.3. The Kier molecular flexibility index (Phi) is 9.33. The van der Waals surface area contributed by atoms with Gasteiger partial charge in [-0.2, -0.15) is 0 Å². The monoisotopic (exact) mass is 642 g/mol. The molecule has 3 saturated carbocycles. The van der Waals surface area contributed by atoms with E-state index in [0.717, 1.165) is 0 Å². The van der Waals surface area contributed by atoms with Gasteiger partial charge in [0, 0.05) is 45.9 Å². The number of methoxy groups -OCH3 is 2. The van der Waals surface area contributed by atoms with E-state index in [4.69, 9.17) is 35.5 Å². The largest absolute Gasteiger partial charge is 0.466 e. The van der Waals surface area contributed by atoms with Crippen molar-refractivity contribution >= 4 is 44.8 Å². The zero-order chi connectivity index (χ0) is 30.0. The number of amidine groups is 1. The molecule has 1 aromatic heterocycles. The van der Waals surface area contributed by atoms with Crippen molar-refractivity contribution in [3.63, 3.8) is 0 Å². The van der Waals surface area contributed by atoms with Gasteiger partial charge in [-0.25, -0.2) is 27.3 Å². The van der Waals surface area contributed by atoms with E-state index >= 15 is 0 Å². The number of aliphatic imine (C=N–C) groups is 1. The normalized spacial score (nSPS) is 24.9. The molecule has 42 heavy (non-hydrogen) atoms. The maximum Gasteiger partial charge on any atom is 0.338 e. The van der Waals surface area contributed by atoms with E-state index in [1.54, 1.807) is 13.3 Å². The lowest BCUT2D eigenvalue weighted by Gasteiger charge is -2.71. The summed E-state index contributed by atoms with van der Waals surface area (Å²) in [5, 5.41) is 5.85. The molecule has 0 spiro atoms. The van der Waals surface area contributed by atoms with Crippen LogP contribution in [0.2, 0.25) is 5.02 Å². The van der Waals surface area contributed by atoms with Gasteiger partial charge in [-0.3, -0.25) is 4.99 Å².